The van der Waals surface area contributed by atoms with Gasteiger partial charge in [0.15, 0.2) is 0 Å². The van der Waals surface area contributed by atoms with Gasteiger partial charge in [-0.2, -0.15) is 5.10 Å². The number of aromatic nitrogens is 2. The zero-order valence-corrected chi connectivity index (χ0v) is 33.5. The Labute approximate surface area is 337 Å². The zero-order chi connectivity index (χ0) is 40.7. The summed E-state index contributed by atoms with van der Waals surface area (Å²) in [5.74, 6) is -3.78. The summed E-state index contributed by atoms with van der Waals surface area (Å²) >= 11 is 0. The molecule has 0 radical (unpaired) electrons. The molecule has 2 aromatic carbocycles. The molecule has 2 aliphatic carbocycles. The van der Waals surface area contributed by atoms with Gasteiger partial charge >= 0.3 is 5.97 Å². The highest BCUT2D eigenvalue weighted by Crippen LogP contribution is 2.55. The third-order valence-corrected chi connectivity index (χ3v) is 13.2. The molecule has 4 heterocycles. The molecule has 0 bridgehead atoms. The summed E-state index contributed by atoms with van der Waals surface area (Å²) in [4.78, 5) is 47.2. The second-order valence-electron chi connectivity index (χ2n) is 17.9. The van der Waals surface area contributed by atoms with E-state index in [1.165, 1.54) is 12.1 Å². The predicted molar refractivity (Wildman–Crippen MR) is 208 cm³/mol. The number of morpholine rings is 1. The number of alkyl halides is 2. The molecule has 2 amide bonds. The van der Waals surface area contributed by atoms with Crippen molar-refractivity contribution in [2.24, 2.45) is 22.7 Å². The number of likely N-dealkylation sites (tertiary alicyclic amines) is 2. The van der Waals surface area contributed by atoms with Crippen molar-refractivity contribution >= 4 is 17.8 Å². The number of halogens is 3. The molecule has 11 nitrogen and oxygen atoms in total. The van der Waals surface area contributed by atoms with Gasteiger partial charge in [0.2, 0.25) is 11.8 Å². The zero-order valence-electron chi connectivity index (χ0n) is 33.5. The van der Waals surface area contributed by atoms with Gasteiger partial charge in [-0.15, -0.1) is 0 Å². The van der Waals surface area contributed by atoms with E-state index < -0.39 is 11.9 Å². The number of amides is 2. The fourth-order valence-corrected chi connectivity index (χ4v) is 9.43. The molecule has 3 aromatic rings. The van der Waals surface area contributed by atoms with E-state index >= 15 is 0 Å². The van der Waals surface area contributed by atoms with Crippen LogP contribution in [-0.4, -0.2) is 120 Å². The molecule has 8 rings (SSSR count). The number of hydrogen-bond acceptors (Lipinski definition) is 8. The molecule has 14 heteroatoms. The number of carbonyl (C=O) groups is 3. The van der Waals surface area contributed by atoms with Crippen LogP contribution >= 0.6 is 0 Å². The average Bonchev–Trinajstić information content (AvgIpc) is 3.46. The van der Waals surface area contributed by atoms with E-state index in [0.717, 1.165) is 30.6 Å². The van der Waals surface area contributed by atoms with Crippen LogP contribution in [0.2, 0.25) is 0 Å². The maximum absolute atomic E-state index is 14.2. The van der Waals surface area contributed by atoms with Crippen molar-refractivity contribution in [3.8, 4) is 0 Å². The van der Waals surface area contributed by atoms with Crippen LogP contribution < -0.4 is 0 Å². The quantitative estimate of drug-likeness (QED) is 0.194. The smallest absolute Gasteiger partial charge is 0.338 e. The molecule has 0 N–H and O–H groups in total. The summed E-state index contributed by atoms with van der Waals surface area (Å²) < 4.78 is 61.3. The van der Waals surface area contributed by atoms with Gasteiger partial charge in [-0.3, -0.25) is 19.2 Å². The van der Waals surface area contributed by atoms with Crippen LogP contribution in [0.1, 0.15) is 89.3 Å². The number of ether oxygens (including phenoxy) is 3. The van der Waals surface area contributed by atoms with Crippen molar-refractivity contribution < 1.29 is 41.8 Å². The van der Waals surface area contributed by atoms with E-state index in [1.807, 2.05) is 28.0 Å². The fourth-order valence-electron chi connectivity index (χ4n) is 9.43. The van der Waals surface area contributed by atoms with Gasteiger partial charge < -0.3 is 24.0 Å². The number of hydrogen-bond donors (Lipinski definition) is 0. The van der Waals surface area contributed by atoms with Crippen LogP contribution in [0.4, 0.5) is 13.2 Å². The highest BCUT2D eigenvalue weighted by Gasteiger charge is 2.60. The molecule has 1 aromatic heterocycles. The van der Waals surface area contributed by atoms with Gasteiger partial charge in [-0.05, 0) is 59.4 Å². The molecule has 3 aliphatic heterocycles. The second kappa shape index (κ2) is 16.4. The van der Waals surface area contributed by atoms with Gasteiger partial charge in [0, 0.05) is 82.1 Å². The van der Waals surface area contributed by atoms with Crippen molar-refractivity contribution in [2.75, 3.05) is 72.2 Å². The summed E-state index contributed by atoms with van der Waals surface area (Å²) in [5.41, 5.74) is 2.70. The summed E-state index contributed by atoms with van der Waals surface area (Å²) in [5, 5.41) is 4.40. The van der Waals surface area contributed by atoms with Crippen molar-refractivity contribution in [3.63, 3.8) is 0 Å². The molecule has 58 heavy (non-hydrogen) atoms. The minimum Gasteiger partial charge on any atom is -0.461 e. The third-order valence-electron chi connectivity index (χ3n) is 13.2. The minimum atomic E-state index is -2.70. The number of carbonyl (C=O) groups excluding carboxylic acids is 3. The first-order chi connectivity index (χ1) is 27.8. The van der Waals surface area contributed by atoms with Crippen LogP contribution in [0, 0.1) is 28.5 Å². The lowest BCUT2D eigenvalue weighted by molar-refractivity contribution is -0.148. The van der Waals surface area contributed by atoms with E-state index in [0.29, 0.717) is 69.2 Å². The Bertz CT molecular complexity index is 1970. The molecule has 3 saturated heterocycles. The molecule has 5 aliphatic rings. The Hall–Kier alpha value is -4.27. The van der Waals surface area contributed by atoms with Crippen LogP contribution in [-0.2, 0) is 32.2 Å². The van der Waals surface area contributed by atoms with E-state index in [2.05, 4.69) is 23.8 Å². The van der Waals surface area contributed by atoms with E-state index in [1.54, 1.807) is 29.2 Å². The fraction of sp³-hybridized carbons (Fsp3) is 0.591. The molecule has 0 unspecified atom stereocenters. The van der Waals surface area contributed by atoms with Gasteiger partial charge in [-0.25, -0.2) is 18.0 Å². The minimum absolute atomic E-state index is 0.00247. The largest absolute Gasteiger partial charge is 0.461 e. The Balaban J connectivity index is 0.967. The Kier molecular flexibility index (Phi) is 11.5. The van der Waals surface area contributed by atoms with Crippen molar-refractivity contribution in [1.82, 2.24) is 24.5 Å². The van der Waals surface area contributed by atoms with Gasteiger partial charge in [0.25, 0.3) is 5.91 Å². The Morgan fingerprint density at radius 1 is 0.966 bits per heavy atom. The van der Waals surface area contributed by atoms with Crippen molar-refractivity contribution in [2.45, 2.75) is 70.9 Å². The molecule has 5 fully saturated rings. The van der Waals surface area contributed by atoms with Crippen LogP contribution in [0.5, 0.6) is 0 Å². The summed E-state index contributed by atoms with van der Waals surface area (Å²) in [6.45, 7) is 10.5. The first-order valence-electron chi connectivity index (χ1n) is 20.7. The molecular weight excluding hydrogens is 752 g/mol. The highest BCUT2D eigenvalue weighted by molar-refractivity contribution is 5.94. The van der Waals surface area contributed by atoms with Crippen LogP contribution in [0.25, 0.3) is 0 Å². The number of benzene rings is 2. The van der Waals surface area contributed by atoms with Crippen LogP contribution in [0.3, 0.4) is 0 Å². The first-order valence-corrected chi connectivity index (χ1v) is 20.7. The van der Waals surface area contributed by atoms with E-state index in [-0.39, 0.29) is 91.7 Å². The van der Waals surface area contributed by atoms with E-state index in [9.17, 15) is 27.6 Å². The first kappa shape index (κ1) is 40.5. The monoisotopic (exact) mass is 805 g/mol. The lowest BCUT2D eigenvalue weighted by Gasteiger charge is -2.51. The highest BCUT2D eigenvalue weighted by atomic mass is 19.3. The summed E-state index contributed by atoms with van der Waals surface area (Å²) in [7, 11) is 0. The Morgan fingerprint density at radius 3 is 2.38 bits per heavy atom. The van der Waals surface area contributed by atoms with Gasteiger partial charge in [0.1, 0.15) is 12.4 Å². The van der Waals surface area contributed by atoms with Gasteiger partial charge in [0.05, 0.1) is 50.3 Å². The molecular formula is C44H54F3N5O6. The number of rotatable bonds is 13. The normalized spacial score (nSPS) is 23.8. The van der Waals surface area contributed by atoms with Crippen molar-refractivity contribution in [3.05, 3.63) is 88.5 Å². The predicted octanol–water partition coefficient (Wildman–Crippen LogP) is 6.02. The maximum atomic E-state index is 14.2. The number of nitrogens with zero attached hydrogens (tertiary/aromatic N) is 5. The molecule has 1 spiro atoms. The average molecular weight is 806 g/mol. The Morgan fingerprint density at radius 2 is 1.67 bits per heavy atom. The lowest BCUT2D eigenvalue weighted by atomic mass is 9.71. The topological polar surface area (TPSA) is 106 Å². The SMILES string of the molecule is CC1(C)C[C@@H]1C(=O)N1CC2(CN(C(=O)c3cnn(Cc4ccc(F)cc4)c3)C[C@H]2COCc2cccc(C3CCC(F)(F)CC3)c2C(=O)OCCN2CCOCC2)C1. The van der Waals surface area contributed by atoms with Crippen LogP contribution in [0.15, 0.2) is 54.9 Å². The third kappa shape index (κ3) is 8.84. The number of esters is 1. The van der Waals surface area contributed by atoms with E-state index in [4.69, 9.17) is 14.2 Å². The maximum Gasteiger partial charge on any atom is 0.338 e. The summed E-state index contributed by atoms with van der Waals surface area (Å²) in [6, 6.07) is 11.7. The second-order valence-corrected chi connectivity index (χ2v) is 17.9. The molecule has 2 saturated carbocycles. The van der Waals surface area contributed by atoms with Gasteiger partial charge in [-0.1, -0.05) is 44.2 Å². The summed E-state index contributed by atoms with van der Waals surface area (Å²) in [6.07, 6.45) is 4.22. The standard InChI is InChI=1S/C44H54F3N5O6/c1-42(2)20-37(42)40(54)51-28-43(29-51)27-50(39(53)33-21-48-52(23-33)22-30-6-8-35(45)9-7-30)24-34(43)26-57-25-32-4-3-5-36(31-10-12-44(46,47)13-11-31)38(32)41(55)58-19-16-49-14-17-56-18-15-49/h3-9,21,23,31,34,37H,10-20,22,24-29H2,1-2H3/t34-,37+/m0/s1. The molecule has 2 atom stereocenters. The van der Waals surface area contributed by atoms with Crippen molar-refractivity contribution in [1.29, 1.82) is 0 Å². The lowest BCUT2D eigenvalue weighted by Crippen LogP contribution is -2.63. The molecule has 312 valence electrons.